The molecule has 0 aliphatic carbocycles. The molecule has 0 fully saturated rings. The normalized spacial score (nSPS) is 11.6. The maximum Gasteiger partial charge on any atom is 0.300 e. The van der Waals surface area contributed by atoms with Crippen LogP contribution in [0.25, 0.3) is 21.1 Å². The highest BCUT2D eigenvalue weighted by Crippen LogP contribution is 2.22. The van der Waals surface area contributed by atoms with Crippen molar-refractivity contribution in [2.24, 2.45) is 5.10 Å². The Balaban J connectivity index is 1.55. The van der Waals surface area contributed by atoms with Gasteiger partial charge in [0.15, 0.2) is 5.01 Å². The van der Waals surface area contributed by atoms with Crippen molar-refractivity contribution in [3.05, 3.63) is 65.3 Å². The number of carbonyl (C=O) groups is 1. The molecule has 25 heavy (non-hydrogen) atoms. The quantitative estimate of drug-likeness (QED) is 0.447. The number of thiazole rings is 1. The molecule has 1 amide bonds. The van der Waals surface area contributed by atoms with Gasteiger partial charge in [-0.2, -0.15) is 5.10 Å². The highest BCUT2D eigenvalue weighted by molar-refractivity contribution is 7.20. The van der Waals surface area contributed by atoms with Crippen LogP contribution in [0.5, 0.6) is 0 Å². The van der Waals surface area contributed by atoms with Crippen LogP contribution in [0.2, 0.25) is 0 Å². The molecule has 4 aromatic rings. The first-order valence-corrected chi connectivity index (χ1v) is 8.85. The van der Waals surface area contributed by atoms with Gasteiger partial charge < -0.3 is 4.57 Å². The Morgan fingerprint density at radius 1 is 1.24 bits per heavy atom. The van der Waals surface area contributed by atoms with Crippen LogP contribution in [-0.2, 0) is 6.54 Å². The Morgan fingerprint density at radius 2 is 2.04 bits per heavy atom. The number of hydrogen-bond acceptors (Lipinski definition) is 4. The Bertz CT molecular complexity index is 1060. The van der Waals surface area contributed by atoms with Gasteiger partial charge in [0.05, 0.1) is 16.4 Å². The molecule has 0 aliphatic rings. The number of carbonyl (C=O) groups excluding carboxylic acids is 1. The van der Waals surface area contributed by atoms with Crippen molar-refractivity contribution in [1.82, 2.24) is 15.0 Å². The fraction of sp³-hybridized carbons (Fsp3) is 0.105. The number of rotatable bonds is 4. The molecule has 0 saturated heterocycles. The summed E-state index contributed by atoms with van der Waals surface area (Å²) in [7, 11) is 0. The predicted molar refractivity (Wildman–Crippen MR) is 102 cm³/mol. The monoisotopic (exact) mass is 348 g/mol. The summed E-state index contributed by atoms with van der Waals surface area (Å²) >= 11 is 1.36. The van der Waals surface area contributed by atoms with Crippen molar-refractivity contribution >= 4 is 44.6 Å². The highest BCUT2D eigenvalue weighted by atomic mass is 32.1. The lowest BCUT2D eigenvalue weighted by Gasteiger charge is -1.97. The van der Waals surface area contributed by atoms with Gasteiger partial charge >= 0.3 is 0 Å². The molecule has 4 rings (SSSR count). The van der Waals surface area contributed by atoms with Crippen molar-refractivity contribution in [2.45, 2.75) is 13.5 Å². The van der Waals surface area contributed by atoms with E-state index in [-0.39, 0.29) is 5.91 Å². The van der Waals surface area contributed by atoms with Crippen LogP contribution < -0.4 is 5.43 Å². The fourth-order valence-electron chi connectivity index (χ4n) is 2.82. The second-order valence-corrected chi connectivity index (χ2v) is 6.60. The molecular formula is C19H16N4OS. The van der Waals surface area contributed by atoms with Gasteiger partial charge in [-0.3, -0.25) is 4.79 Å². The van der Waals surface area contributed by atoms with E-state index in [1.807, 2.05) is 42.6 Å². The van der Waals surface area contributed by atoms with E-state index in [9.17, 15) is 4.79 Å². The number of aromatic nitrogens is 2. The predicted octanol–water partition coefficient (Wildman–Crippen LogP) is 4.03. The molecule has 2 heterocycles. The van der Waals surface area contributed by atoms with Crippen molar-refractivity contribution in [2.75, 3.05) is 0 Å². The summed E-state index contributed by atoms with van der Waals surface area (Å²) in [6.07, 6.45) is 3.72. The van der Waals surface area contributed by atoms with Crippen LogP contribution in [0.1, 0.15) is 22.3 Å². The lowest BCUT2D eigenvalue weighted by Crippen LogP contribution is -2.17. The lowest BCUT2D eigenvalue weighted by molar-refractivity contribution is 0.0955. The van der Waals surface area contributed by atoms with Crippen LogP contribution in [0, 0.1) is 0 Å². The first-order valence-electron chi connectivity index (χ1n) is 8.03. The highest BCUT2D eigenvalue weighted by Gasteiger charge is 2.11. The molecule has 1 N–H and O–H groups in total. The van der Waals surface area contributed by atoms with Gasteiger partial charge in [0.25, 0.3) is 5.91 Å². The number of para-hydroxylation sites is 2. The number of fused-ring (bicyclic) bond motifs is 2. The second kappa shape index (κ2) is 6.49. The molecular weight excluding hydrogens is 332 g/mol. The van der Waals surface area contributed by atoms with E-state index < -0.39 is 0 Å². The van der Waals surface area contributed by atoms with Gasteiger partial charge in [0, 0.05) is 29.2 Å². The molecule has 6 heteroatoms. The minimum absolute atomic E-state index is 0.295. The minimum atomic E-state index is -0.295. The van der Waals surface area contributed by atoms with Crippen LogP contribution in [0.3, 0.4) is 0 Å². The van der Waals surface area contributed by atoms with Crippen molar-refractivity contribution in [1.29, 1.82) is 0 Å². The third-order valence-electron chi connectivity index (χ3n) is 4.02. The van der Waals surface area contributed by atoms with Gasteiger partial charge in [-0.1, -0.05) is 30.3 Å². The van der Waals surface area contributed by atoms with Gasteiger partial charge in [-0.25, -0.2) is 10.4 Å². The van der Waals surface area contributed by atoms with Crippen LogP contribution in [0.15, 0.2) is 59.8 Å². The van der Waals surface area contributed by atoms with E-state index in [0.717, 1.165) is 33.2 Å². The molecule has 5 nitrogen and oxygen atoms in total. The molecule has 2 aromatic carbocycles. The Labute approximate surface area is 148 Å². The number of nitrogens with zero attached hydrogens (tertiary/aromatic N) is 3. The van der Waals surface area contributed by atoms with E-state index >= 15 is 0 Å². The zero-order valence-corrected chi connectivity index (χ0v) is 14.5. The second-order valence-electron chi connectivity index (χ2n) is 5.57. The van der Waals surface area contributed by atoms with Gasteiger partial charge in [0.2, 0.25) is 0 Å². The van der Waals surface area contributed by atoms with Crippen molar-refractivity contribution < 1.29 is 4.79 Å². The van der Waals surface area contributed by atoms with Gasteiger partial charge in [-0.15, -0.1) is 11.3 Å². The maximum atomic E-state index is 12.2. The average molecular weight is 348 g/mol. The number of hydrogen-bond donors (Lipinski definition) is 1. The molecule has 0 bridgehead atoms. The van der Waals surface area contributed by atoms with E-state index in [4.69, 9.17) is 0 Å². The number of hydrazone groups is 1. The SMILES string of the molecule is CCn1cc(/C=N/NC(=O)c2nc3ccccc3s2)c2ccccc21. The summed E-state index contributed by atoms with van der Waals surface area (Å²) in [5.41, 5.74) is 5.53. The number of nitrogens with one attached hydrogen (secondary N) is 1. The van der Waals surface area contributed by atoms with Crippen molar-refractivity contribution in [3.63, 3.8) is 0 Å². The van der Waals surface area contributed by atoms with Gasteiger partial charge in [-0.05, 0) is 25.1 Å². The summed E-state index contributed by atoms with van der Waals surface area (Å²) in [5.74, 6) is -0.295. The molecule has 0 saturated carbocycles. The Morgan fingerprint density at radius 3 is 2.88 bits per heavy atom. The van der Waals surface area contributed by atoms with Crippen molar-refractivity contribution in [3.8, 4) is 0 Å². The topological polar surface area (TPSA) is 59.3 Å². The zero-order valence-electron chi connectivity index (χ0n) is 13.6. The van der Waals surface area contributed by atoms with E-state index in [2.05, 4.69) is 39.1 Å². The average Bonchev–Trinajstić information content (AvgIpc) is 3.23. The molecule has 0 aliphatic heterocycles. The van der Waals surface area contributed by atoms with Crippen LogP contribution >= 0.6 is 11.3 Å². The Kier molecular flexibility index (Phi) is 4.03. The molecule has 0 spiro atoms. The van der Waals surface area contributed by atoms with Crippen LogP contribution in [0.4, 0.5) is 0 Å². The fourth-order valence-corrected chi connectivity index (χ4v) is 3.67. The lowest BCUT2D eigenvalue weighted by atomic mass is 10.2. The third kappa shape index (κ3) is 2.92. The molecule has 2 aromatic heterocycles. The largest absolute Gasteiger partial charge is 0.347 e. The minimum Gasteiger partial charge on any atom is -0.347 e. The van der Waals surface area contributed by atoms with E-state index in [1.165, 1.54) is 11.3 Å². The summed E-state index contributed by atoms with van der Waals surface area (Å²) in [4.78, 5) is 16.6. The maximum absolute atomic E-state index is 12.2. The number of amides is 1. The smallest absolute Gasteiger partial charge is 0.300 e. The molecule has 0 unspecified atom stereocenters. The third-order valence-corrected chi connectivity index (χ3v) is 5.05. The summed E-state index contributed by atoms with van der Waals surface area (Å²) in [6, 6.07) is 15.8. The standard InChI is InChI=1S/C19H16N4OS/c1-2-23-12-13(14-7-3-5-9-16(14)23)11-20-22-18(24)19-21-15-8-4-6-10-17(15)25-19/h3-12H,2H2,1H3,(H,22,24)/b20-11+. The summed E-state index contributed by atoms with van der Waals surface area (Å²) in [6.45, 7) is 2.98. The van der Waals surface area contributed by atoms with Gasteiger partial charge in [0.1, 0.15) is 0 Å². The summed E-state index contributed by atoms with van der Waals surface area (Å²) < 4.78 is 3.15. The number of aryl methyl sites for hydroxylation is 1. The molecule has 0 radical (unpaired) electrons. The Hall–Kier alpha value is -2.99. The zero-order chi connectivity index (χ0) is 17.2. The molecule has 0 atom stereocenters. The number of benzene rings is 2. The molecule has 124 valence electrons. The van der Waals surface area contributed by atoms with E-state index in [0.29, 0.717) is 5.01 Å². The summed E-state index contributed by atoms with van der Waals surface area (Å²) in [5, 5.41) is 5.64. The van der Waals surface area contributed by atoms with E-state index in [1.54, 1.807) is 6.21 Å². The first-order chi connectivity index (χ1) is 12.3. The first kappa shape index (κ1) is 15.5. The van der Waals surface area contributed by atoms with Crippen LogP contribution in [-0.4, -0.2) is 21.7 Å².